The molecule has 1 unspecified atom stereocenters. The standard InChI is InChI=1S/C10H19P/c1-2-3-4-5-6-7-8-9-10-11/h2-8,11H2,1H3. The van der Waals surface area contributed by atoms with Crippen LogP contribution in [-0.4, -0.2) is 0 Å². The zero-order chi connectivity index (χ0) is 8.36. The van der Waals surface area contributed by atoms with Crippen molar-refractivity contribution in [2.45, 2.75) is 51.9 Å². The van der Waals surface area contributed by atoms with Gasteiger partial charge in [-0.3, -0.25) is 0 Å². The SMILES string of the molecule is CCCCCCCCC#CP. The van der Waals surface area contributed by atoms with Gasteiger partial charge in [0.15, 0.2) is 0 Å². The molecule has 0 saturated carbocycles. The Hall–Kier alpha value is -0.0100. The minimum atomic E-state index is 1.08. The molecule has 11 heavy (non-hydrogen) atoms. The van der Waals surface area contributed by atoms with E-state index in [0.717, 1.165) is 6.42 Å². The Labute approximate surface area is 73.4 Å². The zero-order valence-electron chi connectivity index (χ0n) is 7.53. The van der Waals surface area contributed by atoms with Crippen molar-refractivity contribution in [3.8, 4) is 11.6 Å². The van der Waals surface area contributed by atoms with Crippen LogP contribution in [-0.2, 0) is 0 Å². The van der Waals surface area contributed by atoms with E-state index < -0.39 is 0 Å². The minimum absolute atomic E-state index is 1.08. The maximum atomic E-state index is 3.05. The van der Waals surface area contributed by atoms with Crippen molar-refractivity contribution in [3.63, 3.8) is 0 Å². The maximum Gasteiger partial charge on any atom is 0.00919 e. The largest absolute Gasteiger partial charge is 0.0992 e. The summed E-state index contributed by atoms with van der Waals surface area (Å²) in [5.41, 5.74) is 2.84. The second-order valence-corrected chi connectivity index (χ2v) is 3.13. The van der Waals surface area contributed by atoms with Crippen molar-refractivity contribution in [2.24, 2.45) is 0 Å². The van der Waals surface area contributed by atoms with Crippen LogP contribution in [0, 0.1) is 11.6 Å². The molecule has 0 bridgehead atoms. The van der Waals surface area contributed by atoms with Gasteiger partial charge in [-0.05, 0) is 6.42 Å². The molecule has 0 nitrogen and oxygen atoms in total. The Balaban J connectivity index is 2.83. The first-order valence-electron chi connectivity index (χ1n) is 4.60. The van der Waals surface area contributed by atoms with E-state index in [-0.39, 0.29) is 0 Å². The van der Waals surface area contributed by atoms with Crippen LogP contribution < -0.4 is 0 Å². The summed E-state index contributed by atoms with van der Waals surface area (Å²) >= 11 is 0. The van der Waals surface area contributed by atoms with Gasteiger partial charge in [0, 0.05) is 6.42 Å². The molecule has 0 aromatic heterocycles. The van der Waals surface area contributed by atoms with Gasteiger partial charge in [-0.25, -0.2) is 0 Å². The average molecular weight is 170 g/mol. The molecule has 0 spiro atoms. The van der Waals surface area contributed by atoms with E-state index in [0.29, 0.717) is 0 Å². The quantitative estimate of drug-likeness (QED) is 0.325. The summed E-state index contributed by atoms with van der Waals surface area (Å²) in [4.78, 5) is 0. The van der Waals surface area contributed by atoms with Crippen molar-refractivity contribution in [1.82, 2.24) is 0 Å². The van der Waals surface area contributed by atoms with Crippen LogP contribution in [0.2, 0.25) is 0 Å². The van der Waals surface area contributed by atoms with Gasteiger partial charge >= 0.3 is 0 Å². The van der Waals surface area contributed by atoms with Gasteiger partial charge in [-0.2, -0.15) is 0 Å². The molecule has 0 aliphatic heterocycles. The van der Waals surface area contributed by atoms with E-state index in [1.165, 1.54) is 38.5 Å². The van der Waals surface area contributed by atoms with Crippen LogP contribution in [0.25, 0.3) is 0 Å². The summed E-state index contributed by atoms with van der Waals surface area (Å²) in [5, 5.41) is 0. The molecule has 0 aromatic carbocycles. The molecule has 0 aliphatic rings. The molecule has 1 heteroatoms. The van der Waals surface area contributed by atoms with Gasteiger partial charge in [0.25, 0.3) is 0 Å². The van der Waals surface area contributed by atoms with Gasteiger partial charge in [0.2, 0.25) is 0 Å². The Kier molecular flexibility index (Phi) is 9.98. The summed E-state index contributed by atoms with van der Waals surface area (Å²) in [6.07, 6.45) is 9.26. The highest BCUT2D eigenvalue weighted by Crippen LogP contribution is 2.05. The van der Waals surface area contributed by atoms with E-state index >= 15 is 0 Å². The Morgan fingerprint density at radius 3 is 2.27 bits per heavy atom. The monoisotopic (exact) mass is 170 g/mol. The third-order valence-electron chi connectivity index (χ3n) is 1.76. The predicted molar refractivity (Wildman–Crippen MR) is 55.5 cm³/mol. The number of hydrogen-bond acceptors (Lipinski definition) is 0. The zero-order valence-corrected chi connectivity index (χ0v) is 8.68. The molecule has 0 heterocycles. The summed E-state index contributed by atoms with van der Waals surface area (Å²) in [6.45, 7) is 2.25. The lowest BCUT2D eigenvalue weighted by molar-refractivity contribution is 0.614. The Morgan fingerprint density at radius 1 is 1.00 bits per heavy atom. The van der Waals surface area contributed by atoms with Crippen molar-refractivity contribution >= 4 is 9.24 Å². The summed E-state index contributed by atoms with van der Waals surface area (Å²) in [5.74, 6) is 3.05. The van der Waals surface area contributed by atoms with Gasteiger partial charge < -0.3 is 0 Å². The second-order valence-electron chi connectivity index (χ2n) is 2.84. The van der Waals surface area contributed by atoms with E-state index in [4.69, 9.17) is 0 Å². The van der Waals surface area contributed by atoms with E-state index in [2.05, 4.69) is 27.7 Å². The van der Waals surface area contributed by atoms with Gasteiger partial charge in [-0.15, -0.1) is 0 Å². The molecule has 0 saturated heterocycles. The van der Waals surface area contributed by atoms with Crippen molar-refractivity contribution < 1.29 is 0 Å². The summed E-state index contributed by atoms with van der Waals surface area (Å²) in [7, 11) is 2.43. The predicted octanol–water partition coefficient (Wildman–Crippen LogP) is 3.57. The third-order valence-corrected chi connectivity index (χ3v) is 1.96. The lowest BCUT2D eigenvalue weighted by atomic mass is 10.1. The lowest BCUT2D eigenvalue weighted by Crippen LogP contribution is -1.77. The van der Waals surface area contributed by atoms with Crippen molar-refractivity contribution in [1.29, 1.82) is 0 Å². The molecular formula is C10H19P. The fourth-order valence-electron chi connectivity index (χ4n) is 1.07. The Morgan fingerprint density at radius 2 is 1.64 bits per heavy atom. The highest BCUT2D eigenvalue weighted by Gasteiger charge is 1.87. The first-order chi connectivity index (χ1) is 5.41. The molecule has 0 aliphatic carbocycles. The first kappa shape index (κ1) is 11.0. The van der Waals surface area contributed by atoms with Crippen LogP contribution in [0.3, 0.4) is 0 Å². The second kappa shape index (κ2) is 9.99. The molecule has 0 amide bonds. The smallest absolute Gasteiger partial charge is 0.00919 e. The van der Waals surface area contributed by atoms with E-state index in [9.17, 15) is 0 Å². The van der Waals surface area contributed by atoms with Gasteiger partial charge in [-0.1, -0.05) is 59.8 Å². The fourth-order valence-corrected chi connectivity index (χ4v) is 1.21. The first-order valence-corrected chi connectivity index (χ1v) is 5.18. The minimum Gasteiger partial charge on any atom is -0.0992 e. The average Bonchev–Trinajstić information content (AvgIpc) is 2.03. The molecule has 0 N–H and O–H groups in total. The van der Waals surface area contributed by atoms with Gasteiger partial charge in [0.1, 0.15) is 0 Å². The van der Waals surface area contributed by atoms with Crippen LogP contribution in [0.4, 0.5) is 0 Å². The number of hydrogen-bond donors (Lipinski definition) is 0. The molecule has 0 rings (SSSR count). The van der Waals surface area contributed by atoms with Crippen molar-refractivity contribution in [2.75, 3.05) is 0 Å². The molecule has 1 atom stereocenters. The van der Waals surface area contributed by atoms with Crippen molar-refractivity contribution in [3.05, 3.63) is 0 Å². The van der Waals surface area contributed by atoms with Crippen LogP contribution in [0.15, 0.2) is 0 Å². The summed E-state index contributed by atoms with van der Waals surface area (Å²) in [6, 6.07) is 0. The van der Waals surface area contributed by atoms with E-state index in [1.807, 2.05) is 0 Å². The van der Waals surface area contributed by atoms with E-state index in [1.54, 1.807) is 0 Å². The normalized spacial score (nSPS) is 8.91. The third kappa shape index (κ3) is 9.99. The molecule has 0 radical (unpaired) electrons. The van der Waals surface area contributed by atoms with Gasteiger partial charge in [0.05, 0.1) is 0 Å². The number of unbranched alkanes of at least 4 members (excludes halogenated alkanes) is 6. The lowest BCUT2D eigenvalue weighted by Gasteiger charge is -1.96. The molecule has 0 fully saturated rings. The topological polar surface area (TPSA) is 0 Å². The highest BCUT2D eigenvalue weighted by atomic mass is 31.0. The molecule has 0 aromatic rings. The Bertz CT molecular complexity index is 119. The van der Waals surface area contributed by atoms with Crippen LogP contribution in [0.1, 0.15) is 51.9 Å². The number of rotatable bonds is 6. The van der Waals surface area contributed by atoms with Crippen LogP contribution >= 0.6 is 9.24 Å². The van der Waals surface area contributed by atoms with Crippen LogP contribution in [0.5, 0.6) is 0 Å². The maximum absolute atomic E-state index is 3.05. The molecular weight excluding hydrogens is 151 g/mol. The molecule has 64 valence electrons. The highest BCUT2D eigenvalue weighted by molar-refractivity contribution is 7.23. The summed E-state index contributed by atoms with van der Waals surface area (Å²) < 4.78 is 0. The fraction of sp³-hybridized carbons (Fsp3) is 0.800.